The molecule has 1 aromatic heterocycles. The highest BCUT2D eigenvalue weighted by Crippen LogP contribution is 2.10. The molecule has 1 unspecified atom stereocenters. The Bertz CT molecular complexity index is 319. The Morgan fingerprint density at radius 2 is 2.29 bits per heavy atom. The van der Waals surface area contributed by atoms with Gasteiger partial charge in [-0.2, -0.15) is 0 Å². The van der Waals surface area contributed by atoms with E-state index in [0.717, 1.165) is 11.5 Å². The van der Waals surface area contributed by atoms with Gasteiger partial charge < -0.3 is 9.52 Å². The number of carboxylic acids is 1. The van der Waals surface area contributed by atoms with Gasteiger partial charge in [0.2, 0.25) is 0 Å². The maximum Gasteiger partial charge on any atom is 0.320 e. The van der Waals surface area contributed by atoms with Crippen molar-refractivity contribution in [2.45, 2.75) is 26.4 Å². The van der Waals surface area contributed by atoms with Crippen molar-refractivity contribution in [1.82, 2.24) is 4.90 Å². The molecule has 4 nitrogen and oxygen atoms in total. The second-order valence-electron chi connectivity index (χ2n) is 3.44. The van der Waals surface area contributed by atoms with Crippen LogP contribution in [0.25, 0.3) is 0 Å². The van der Waals surface area contributed by atoms with E-state index in [0.29, 0.717) is 6.54 Å². The highest BCUT2D eigenvalue weighted by molar-refractivity contribution is 5.72. The van der Waals surface area contributed by atoms with Crippen molar-refractivity contribution in [3.8, 4) is 0 Å². The van der Waals surface area contributed by atoms with E-state index in [1.165, 1.54) is 0 Å². The molecule has 1 heterocycles. The topological polar surface area (TPSA) is 53.7 Å². The molecule has 0 aliphatic heterocycles. The summed E-state index contributed by atoms with van der Waals surface area (Å²) < 4.78 is 5.35. The number of carbonyl (C=O) groups is 1. The van der Waals surface area contributed by atoms with E-state index in [4.69, 9.17) is 9.52 Å². The Morgan fingerprint density at radius 1 is 1.64 bits per heavy atom. The molecule has 0 radical (unpaired) electrons. The van der Waals surface area contributed by atoms with Crippen LogP contribution in [-0.2, 0) is 11.3 Å². The lowest BCUT2D eigenvalue weighted by Gasteiger charge is -2.19. The Labute approximate surface area is 83.1 Å². The highest BCUT2D eigenvalue weighted by Gasteiger charge is 2.17. The number of rotatable bonds is 4. The lowest BCUT2D eigenvalue weighted by molar-refractivity contribution is -0.142. The minimum atomic E-state index is -0.823. The van der Waals surface area contributed by atoms with Crippen LogP contribution in [0.4, 0.5) is 0 Å². The number of hydrogen-bond acceptors (Lipinski definition) is 3. The molecule has 0 saturated heterocycles. The van der Waals surface area contributed by atoms with Gasteiger partial charge >= 0.3 is 5.97 Å². The van der Waals surface area contributed by atoms with Crippen LogP contribution in [0.5, 0.6) is 0 Å². The zero-order valence-corrected chi connectivity index (χ0v) is 8.65. The second-order valence-corrected chi connectivity index (χ2v) is 3.44. The van der Waals surface area contributed by atoms with Gasteiger partial charge in [-0.1, -0.05) is 0 Å². The summed E-state index contributed by atoms with van der Waals surface area (Å²) in [4.78, 5) is 12.4. The fourth-order valence-corrected chi connectivity index (χ4v) is 1.14. The molecular weight excluding hydrogens is 182 g/mol. The molecule has 0 aliphatic carbocycles. The van der Waals surface area contributed by atoms with E-state index in [1.807, 2.05) is 19.1 Å². The first-order chi connectivity index (χ1) is 6.50. The Kier molecular flexibility index (Phi) is 3.30. The smallest absolute Gasteiger partial charge is 0.320 e. The van der Waals surface area contributed by atoms with Crippen molar-refractivity contribution in [1.29, 1.82) is 0 Å². The van der Waals surface area contributed by atoms with Crippen molar-refractivity contribution in [2.75, 3.05) is 7.05 Å². The first kappa shape index (κ1) is 10.8. The Balaban J connectivity index is 2.56. The fourth-order valence-electron chi connectivity index (χ4n) is 1.14. The first-order valence-corrected chi connectivity index (χ1v) is 4.49. The third-order valence-electron chi connectivity index (χ3n) is 2.22. The molecule has 0 fully saturated rings. The van der Waals surface area contributed by atoms with Crippen LogP contribution in [0.3, 0.4) is 0 Å². The van der Waals surface area contributed by atoms with Crippen LogP contribution in [0, 0.1) is 6.92 Å². The molecule has 0 bridgehead atoms. The van der Waals surface area contributed by atoms with Gasteiger partial charge in [0.15, 0.2) is 0 Å². The number of nitrogens with zero attached hydrogens (tertiary/aromatic N) is 1. The van der Waals surface area contributed by atoms with Crippen molar-refractivity contribution in [3.05, 3.63) is 23.7 Å². The van der Waals surface area contributed by atoms with E-state index in [1.54, 1.807) is 18.9 Å². The van der Waals surface area contributed by atoms with Crippen molar-refractivity contribution < 1.29 is 14.3 Å². The van der Waals surface area contributed by atoms with Crippen molar-refractivity contribution in [2.24, 2.45) is 0 Å². The summed E-state index contributed by atoms with van der Waals surface area (Å²) in [5, 5.41) is 8.76. The number of aryl methyl sites for hydroxylation is 1. The van der Waals surface area contributed by atoms with Gasteiger partial charge in [-0.3, -0.25) is 9.69 Å². The molecule has 1 aromatic rings. The van der Waals surface area contributed by atoms with Crippen LogP contribution in [0.1, 0.15) is 18.4 Å². The maximum absolute atomic E-state index is 10.7. The quantitative estimate of drug-likeness (QED) is 0.794. The number of likely N-dealkylation sites (N-methyl/N-ethyl adjacent to an activating group) is 1. The number of aliphatic carboxylic acids is 1. The molecule has 0 amide bonds. The molecule has 14 heavy (non-hydrogen) atoms. The minimum absolute atomic E-state index is 0.500. The predicted octanol–water partition coefficient (Wildman–Crippen LogP) is 1.49. The SMILES string of the molecule is Cc1ccc(CN(C)C(C)C(=O)O)o1. The maximum atomic E-state index is 10.7. The average molecular weight is 197 g/mol. The average Bonchev–Trinajstić information content (AvgIpc) is 2.49. The van der Waals surface area contributed by atoms with E-state index in [2.05, 4.69) is 0 Å². The Morgan fingerprint density at radius 3 is 2.71 bits per heavy atom. The Hall–Kier alpha value is -1.29. The van der Waals surface area contributed by atoms with E-state index in [-0.39, 0.29) is 0 Å². The summed E-state index contributed by atoms with van der Waals surface area (Å²) in [7, 11) is 1.76. The molecule has 4 heteroatoms. The van der Waals surface area contributed by atoms with E-state index in [9.17, 15) is 4.79 Å². The summed E-state index contributed by atoms with van der Waals surface area (Å²) in [6.45, 7) is 4.03. The van der Waals surface area contributed by atoms with Crippen LogP contribution in [-0.4, -0.2) is 29.1 Å². The first-order valence-electron chi connectivity index (χ1n) is 4.49. The van der Waals surface area contributed by atoms with Crippen LogP contribution >= 0.6 is 0 Å². The fraction of sp³-hybridized carbons (Fsp3) is 0.500. The van der Waals surface area contributed by atoms with Crippen molar-refractivity contribution >= 4 is 5.97 Å². The summed E-state index contributed by atoms with van der Waals surface area (Å²) >= 11 is 0. The van der Waals surface area contributed by atoms with Crippen LogP contribution in [0.15, 0.2) is 16.5 Å². The van der Waals surface area contributed by atoms with Crippen LogP contribution < -0.4 is 0 Å². The lowest BCUT2D eigenvalue weighted by atomic mass is 10.3. The lowest BCUT2D eigenvalue weighted by Crippen LogP contribution is -2.35. The molecule has 1 N–H and O–H groups in total. The van der Waals surface area contributed by atoms with Gasteiger partial charge in [-0.25, -0.2) is 0 Å². The third kappa shape index (κ3) is 2.60. The van der Waals surface area contributed by atoms with Gasteiger partial charge in [0.05, 0.1) is 6.54 Å². The standard InChI is InChI=1S/C10H15NO3/c1-7-4-5-9(14-7)6-11(3)8(2)10(12)13/h4-5,8H,6H2,1-3H3,(H,12,13). The molecular formula is C10H15NO3. The van der Waals surface area contributed by atoms with Gasteiger partial charge in [0.25, 0.3) is 0 Å². The number of hydrogen-bond donors (Lipinski definition) is 1. The number of furan rings is 1. The van der Waals surface area contributed by atoms with Crippen molar-refractivity contribution in [3.63, 3.8) is 0 Å². The molecule has 0 saturated carbocycles. The van der Waals surface area contributed by atoms with E-state index >= 15 is 0 Å². The summed E-state index contributed by atoms with van der Waals surface area (Å²) in [5.74, 6) is 0.810. The minimum Gasteiger partial charge on any atom is -0.480 e. The zero-order chi connectivity index (χ0) is 10.7. The zero-order valence-electron chi connectivity index (χ0n) is 8.65. The molecule has 0 aliphatic rings. The molecule has 0 spiro atoms. The second kappa shape index (κ2) is 4.28. The van der Waals surface area contributed by atoms with Gasteiger partial charge in [-0.05, 0) is 33.0 Å². The third-order valence-corrected chi connectivity index (χ3v) is 2.22. The van der Waals surface area contributed by atoms with Crippen LogP contribution in [0.2, 0.25) is 0 Å². The normalized spacial score (nSPS) is 13.1. The molecule has 1 rings (SSSR count). The summed E-state index contributed by atoms with van der Waals surface area (Å²) in [5.41, 5.74) is 0. The largest absolute Gasteiger partial charge is 0.480 e. The van der Waals surface area contributed by atoms with Gasteiger partial charge in [0.1, 0.15) is 17.6 Å². The molecule has 1 atom stereocenters. The summed E-state index contributed by atoms with van der Waals surface area (Å²) in [6, 6.07) is 3.23. The van der Waals surface area contributed by atoms with Gasteiger partial charge in [0, 0.05) is 0 Å². The highest BCUT2D eigenvalue weighted by atomic mass is 16.4. The molecule has 78 valence electrons. The number of carboxylic acid groups (broad SMARTS) is 1. The summed E-state index contributed by atoms with van der Waals surface area (Å²) in [6.07, 6.45) is 0. The predicted molar refractivity (Wildman–Crippen MR) is 52.0 cm³/mol. The monoisotopic (exact) mass is 197 g/mol. The van der Waals surface area contributed by atoms with E-state index < -0.39 is 12.0 Å². The molecule has 0 aromatic carbocycles. The van der Waals surface area contributed by atoms with Gasteiger partial charge in [-0.15, -0.1) is 0 Å².